The van der Waals surface area contributed by atoms with Gasteiger partial charge in [-0.1, -0.05) is 0 Å². The van der Waals surface area contributed by atoms with Crippen molar-refractivity contribution in [1.29, 1.82) is 0 Å². The Morgan fingerprint density at radius 1 is 1.61 bits per heavy atom. The molecule has 96 valence electrons. The van der Waals surface area contributed by atoms with Crippen molar-refractivity contribution in [3.63, 3.8) is 0 Å². The molecule has 4 nitrogen and oxygen atoms in total. The van der Waals surface area contributed by atoms with Gasteiger partial charge < -0.3 is 14.4 Å². The van der Waals surface area contributed by atoms with E-state index in [2.05, 4.69) is 6.07 Å². The standard InChI is InChI=1S/C13H15NO3S/c1-8-5-10-12(18-8)6-11(13(15)16)14(10)7-9-3-2-4-17-9/h5-6,9H,2-4,7H2,1H3,(H,15,16)/t9-/m0/s1. The first-order chi connectivity index (χ1) is 8.65. The van der Waals surface area contributed by atoms with Gasteiger partial charge in [0.25, 0.3) is 0 Å². The van der Waals surface area contributed by atoms with Crippen molar-refractivity contribution >= 4 is 27.5 Å². The van der Waals surface area contributed by atoms with Crippen LogP contribution in [0.15, 0.2) is 12.1 Å². The van der Waals surface area contributed by atoms with Crippen LogP contribution in [0.25, 0.3) is 10.2 Å². The number of rotatable bonds is 3. The molecule has 1 fully saturated rings. The fourth-order valence-electron chi connectivity index (χ4n) is 2.53. The Labute approximate surface area is 109 Å². The van der Waals surface area contributed by atoms with Gasteiger partial charge in [-0.2, -0.15) is 0 Å². The van der Waals surface area contributed by atoms with Crippen LogP contribution < -0.4 is 0 Å². The van der Waals surface area contributed by atoms with Crippen LogP contribution in [-0.4, -0.2) is 28.4 Å². The molecule has 3 rings (SSSR count). The molecule has 0 amide bonds. The highest BCUT2D eigenvalue weighted by molar-refractivity contribution is 7.19. The average Bonchev–Trinajstić information content (AvgIpc) is 2.96. The SMILES string of the molecule is Cc1cc2c(cc(C(=O)O)n2C[C@@H]2CCCO2)s1. The summed E-state index contributed by atoms with van der Waals surface area (Å²) in [5.74, 6) is -0.867. The molecule has 0 aliphatic carbocycles. The number of aromatic nitrogens is 1. The molecule has 0 bridgehead atoms. The van der Waals surface area contributed by atoms with Gasteiger partial charge in [0.1, 0.15) is 5.69 Å². The Morgan fingerprint density at radius 2 is 2.44 bits per heavy atom. The van der Waals surface area contributed by atoms with Crippen LogP contribution in [0.5, 0.6) is 0 Å². The monoisotopic (exact) mass is 265 g/mol. The lowest BCUT2D eigenvalue weighted by atomic mass is 10.2. The molecule has 18 heavy (non-hydrogen) atoms. The van der Waals surface area contributed by atoms with Crippen LogP contribution >= 0.6 is 11.3 Å². The molecule has 0 spiro atoms. The number of aromatic carboxylic acids is 1. The first kappa shape index (κ1) is 11.7. The average molecular weight is 265 g/mol. The van der Waals surface area contributed by atoms with Crippen molar-refractivity contribution in [3.05, 3.63) is 22.7 Å². The first-order valence-corrected chi connectivity index (χ1v) is 6.91. The Kier molecular flexibility index (Phi) is 2.87. The lowest BCUT2D eigenvalue weighted by Gasteiger charge is -2.13. The van der Waals surface area contributed by atoms with Crippen LogP contribution in [-0.2, 0) is 11.3 Å². The molecule has 0 radical (unpaired) electrons. The molecular formula is C13H15NO3S. The highest BCUT2D eigenvalue weighted by Crippen LogP contribution is 2.30. The molecule has 1 aliphatic rings. The van der Waals surface area contributed by atoms with E-state index in [-0.39, 0.29) is 6.10 Å². The molecule has 0 saturated carbocycles. The zero-order valence-corrected chi connectivity index (χ0v) is 11.0. The summed E-state index contributed by atoms with van der Waals surface area (Å²) in [5.41, 5.74) is 1.39. The second-order valence-electron chi connectivity index (χ2n) is 4.69. The predicted molar refractivity (Wildman–Crippen MR) is 70.5 cm³/mol. The van der Waals surface area contributed by atoms with Crippen LogP contribution in [0, 0.1) is 6.92 Å². The highest BCUT2D eigenvalue weighted by Gasteiger charge is 2.22. The maximum absolute atomic E-state index is 11.3. The fraction of sp³-hybridized carbons (Fsp3) is 0.462. The molecular weight excluding hydrogens is 250 g/mol. The Hall–Kier alpha value is -1.33. The smallest absolute Gasteiger partial charge is 0.352 e. The zero-order valence-electron chi connectivity index (χ0n) is 10.2. The number of carbonyl (C=O) groups is 1. The summed E-state index contributed by atoms with van der Waals surface area (Å²) in [6.07, 6.45) is 2.24. The van der Waals surface area contributed by atoms with Gasteiger partial charge >= 0.3 is 5.97 Å². The quantitative estimate of drug-likeness (QED) is 0.928. The highest BCUT2D eigenvalue weighted by atomic mass is 32.1. The second kappa shape index (κ2) is 4.40. The van der Waals surface area contributed by atoms with Crippen molar-refractivity contribution in [1.82, 2.24) is 4.57 Å². The largest absolute Gasteiger partial charge is 0.477 e. The Morgan fingerprint density at radius 3 is 3.11 bits per heavy atom. The summed E-state index contributed by atoms with van der Waals surface area (Å²) in [4.78, 5) is 12.5. The first-order valence-electron chi connectivity index (χ1n) is 6.09. The van der Waals surface area contributed by atoms with Crippen molar-refractivity contribution in [2.24, 2.45) is 0 Å². The van der Waals surface area contributed by atoms with Crippen LogP contribution in [0.3, 0.4) is 0 Å². The number of nitrogens with zero attached hydrogens (tertiary/aromatic N) is 1. The lowest BCUT2D eigenvalue weighted by Crippen LogP contribution is -2.18. The molecule has 0 aromatic carbocycles. The van der Waals surface area contributed by atoms with Gasteiger partial charge in [0.15, 0.2) is 0 Å². The van der Waals surface area contributed by atoms with Gasteiger partial charge in [-0.25, -0.2) is 4.79 Å². The Bertz CT molecular complexity index is 593. The van der Waals surface area contributed by atoms with E-state index in [1.54, 1.807) is 17.4 Å². The second-order valence-corrected chi connectivity index (χ2v) is 5.97. The van der Waals surface area contributed by atoms with Gasteiger partial charge in [-0.05, 0) is 31.9 Å². The lowest BCUT2D eigenvalue weighted by molar-refractivity contribution is 0.0672. The van der Waals surface area contributed by atoms with Crippen LogP contribution in [0.2, 0.25) is 0 Å². The summed E-state index contributed by atoms with van der Waals surface area (Å²) in [7, 11) is 0. The van der Waals surface area contributed by atoms with Crippen molar-refractivity contribution in [3.8, 4) is 0 Å². The molecule has 0 unspecified atom stereocenters. The van der Waals surface area contributed by atoms with E-state index in [4.69, 9.17) is 4.74 Å². The maximum Gasteiger partial charge on any atom is 0.352 e. The van der Waals surface area contributed by atoms with E-state index in [0.29, 0.717) is 12.2 Å². The molecule has 1 atom stereocenters. The van der Waals surface area contributed by atoms with Crippen molar-refractivity contribution in [2.45, 2.75) is 32.4 Å². The van der Waals surface area contributed by atoms with E-state index < -0.39 is 5.97 Å². The number of thiophene rings is 1. The number of hydrogen-bond donors (Lipinski definition) is 1. The number of hydrogen-bond acceptors (Lipinski definition) is 3. The van der Waals surface area contributed by atoms with Gasteiger partial charge in [0.05, 0.1) is 16.3 Å². The van der Waals surface area contributed by atoms with Crippen molar-refractivity contribution < 1.29 is 14.6 Å². The minimum atomic E-state index is -0.867. The number of fused-ring (bicyclic) bond motifs is 1. The summed E-state index contributed by atoms with van der Waals surface area (Å²) < 4.78 is 8.54. The van der Waals surface area contributed by atoms with Gasteiger partial charge in [-0.15, -0.1) is 11.3 Å². The van der Waals surface area contributed by atoms with E-state index in [0.717, 1.165) is 29.7 Å². The number of carboxylic acids is 1. The number of carboxylic acid groups (broad SMARTS) is 1. The molecule has 1 aliphatic heterocycles. The van der Waals surface area contributed by atoms with Gasteiger partial charge in [0.2, 0.25) is 0 Å². The van der Waals surface area contributed by atoms with Crippen molar-refractivity contribution in [2.75, 3.05) is 6.61 Å². The molecule has 3 heterocycles. The number of aryl methyl sites for hydroxylation is 1. The molecule has 1 N–H and O–H groups in total. The Balaban J connectivity index is 2.04. The minimum Gasteiger partial charge on any atom is -0.477 e. The predicted octanol–water partition coefficient (Wildman–Crippen LogP) is 2.89. The van der Waals surface area contributed by atoms with Crippen LogP contribution in [0.1, 0.15) is 28.2 Å². The normalized spacial score (nSPS) is 19.7. The fourth-order valence-corrected chi connectivity index (χ4v) is 3.49. The van der Waals surface area contributed by atoms with E-state index in [1.165, 1.54) is 4.88 Å². The third-order valence-corrected chi connectivity index (χ3v) is 4.33. The molecule has 2 aromatic rings. The summed E-state index contributed by atoms with van der Waals surface area (Å²) in [6.45, 7) is 3.48. The van der Waals surface area contributed by atoms with E-state index >= 15 is 0 Å². The molecule has 1 saturated heterocycles. The van der Waals surface area contributed by atoms with E-state index in [1.807, 2.05) is 11.5 Å². The molecule has 2 aromatic heterocycles. The molecule has 5 heteroatoms. The summed E-state index contributed by atoms with van der Waals surface area (Å²) in [6, 6.07) is 3.83. The summed E-state index contributed by atoms with van der Waals surface area (Å²) >= 11 is 1.64. The van der Waals surface area contributed by atoms with Gasteiger partial charge in [0, 0.05) is 18.0 Å². The summed E-state index contributed by atoms with van der Waals surface area (Å²) in [5, 5.41) is 9.27. The topological polar surface area (TPSA) is 51.5 Å². The van der Waals surface area contributed by atoms with Gasteiger partial charge in [-0.3, -0.25) is 0 Å². The van der Waals surface area contributed by atoms with Crippen LogP contribution in [0.4, 0.5) is 0 Å². The third-order valence-electron chi connectivity index (χ3n) is 3.34. The van der Waals surface area contributed by atoms with E-state index in [9.17, 15) is 9.90 Å². The maximum atomic E-state index is 11.3. The number of ether oxygens (including phenoxy) is 1. The zero-order chi connectivity index (χ0) is 12.7. The third kappa shape index (κ3) is 1.93. The minimum absolute atomic E-state index is 0.152.